The number of halogens is 1. The number of hydrogen-bond donors (Lipinski definition) is 2. The van der Waals surface area contributed by atoms with Crippen LogP contribution >= 0.6 is 15.9 Å². The van der Waals surface area contributed by atoms with Gasteiger partial charge in [-0.1, -0.05) is 54.0 Å². The van der Waals surface area contributed by atoms with Gasteiger partial charge in [0, 0.05) is 10.2 Å². The van der Waals surface area contributed by atoms with E-state index in [1.165, 1.54) is 11.6 Å². The summed E-state index contributed by atoms with van der Waals surface area (Å²) in [6, 6.07) is 20.2. The molecule has 0 saturated carbocycles. The van der Waals surface area contributed by atoms with Crippen molar-refractivity contribution in [1.29, 1.82) is 0 Å². The molecule has 2 N–H and O–H groups in total. The minimum absolute atomic E-state index is 0.00698. The molecule has 1 aromatic heterocycles. The minimum atomic E-state index is -4.04. The van der Waals surface area contributed by atoms with Gasteiger partial charge in [-0.2, -0.15) is 0 Å². The topological polar surface area (TPSA) is 93.2 Å². The predicted molar refractivity (Wildman–Crippen MR) is 144 cm³/mol. The standard InChI is InChI=1S/C26H27BrN4O3S/c1-4-17(3)18-10-13-20(14-11-18)28-25-26(30-22-9-7-6-8-21(22)29-25)31-35(32,33)24-16-19(27)12-15-23(24)34-5-2/h6-17H,4-5H2,1-3H3,(H,28,29)(H,30,31)/t17-/m0/s1. The van der Waals surface area contributed by atoms with Crippen molar-refractivity contribution in [2.24, 2.45) is 0 Å². The van der Waals surface area contributed by atoms with Gasteiger partial charge < -0.3 is 10.1 Å². The molecule has 0 bridgehead atoms. The number of rotatable bonds is 9. The summed E-state index contributed by atoms with van der Waals surface area (Å²) >= 11 is 3.35. The first-order chi connectivity index (χ1) is 16.8. The van der Waals surface area contributed by atoms with E-state index in [0.29, 0.717) is 33.8 Å². The molecule has 0 radical (unpaired) electrons. The van der Waals surface area contributed by atoms with E-state index < -0.39 is 10.0 Å². The van der Waals surface area contributed by atoms with Crippen molar-refractivity contribution in [3.05, 3.63) is 76.8 Å². The Balaban J connectivity index is 1.74. The van der Waals surface area contributed by atoms with Crippen LogP contribution in [0.4, 0.5) is 17.3 Å². The molecule has 0 spiro atoms. The zero-order chi connectivity index (χ0) is 25.0. The monoisotopic (exact) mass is 554 g/mol. The molecule has 7 nitrogen and oxygen atoms in total. The summed E-state index contributed by atoms with van der Waals surface area (Å²) in [7, 11) is -4.04. The van der Waals surface area contributed by atoms with Gasteiger partial charge >= 0.3 is 0 Å². The highest BCUT2D eigenvalue weighted by atomic mass is 79.9. The number of ether oxygens (including phenoxy) is 1. The molecule has 4 rings (SSSR count). The molecule has 0 amide bonds. The van der Waals surface area contributed by atoms with Crippen LogP contribution in [0.25, 0.3) is 11.0 Å². The molecule has 0 unspecified atom stereocenters. The highest BCUT2D eigenvalue weighted by molar-refractivity contribution is 9.10. The van der Waals surface area contributed by atoms with E-state index in [9.17, 15) is 8.42 Å². The molecular weight excluding hydrogens is 528 g/mol. The molecule has 0 fully saturated rings. The van der Waals surface area contributed by atoms with Crippen molar-refractivity contribution in [3.8, 4) is 5.75 Å². The Labute approximate surface area is 214 Å². The van der Waals surface area contributed by atoms with Crippen molar-refractivity contribution in [1.82, 2.24) is 9.97 Å². The second-order valence-electron chi connectivity index (χ2n) is 8.10. The zero-order valence-corrected chi connectivity index (χ0v) is 22.2. The van der Waals surface area contributed by atoms with Gasteiger partial charge in [0.25, 0.3) is 10.0 Å². The Morgan fingerprint density at radius 1 is 0.943 bits per heavy atom. The second kappa shape index (κ2) is 10.6. The van der Waals surface area contributed by atoms with Gasteiger partial charge in [0.1, 0.15) is 10.6 Å². The van der Waals surface area contributed by atoms with Crippen LogP contribution in [0.3, 0.4) is 0 Å². The Morgan fingerprint density at radius 3 is 2.23 bits per heavy atom. The van der Waals surface area contributed by atoms with Crippen molar-refractivity contribution >= 4 is 54.3 Å². The van der Waals surface area contributed by atoms with Crippen molar-refractivity contribution in [3.63, 3.8) is 0 Å². The molecule has 3 aromatic carbocycles. The number of hydrogen-bond acceptors (Lipinski definition) is 6. The van der Waals surface area contributed by atoms with Crippen LogP contribution in [-0.4, -0.2) is 25.0 Å². The van der Waals surface area contributed by atoms with E-state index in [-0.39, 0.29) is 16.5 Å². The molecular formula is C26H27BrN4O3S. The first-order valence-electron chi connectivity index (χ1n) is 11.4. The Kier molecular flexibility index (Phi) is 7.57. The summed E-state index contributed by atoms with van der Waals surface area (Å²) in [5.74, 6) is 1.11. The van der Waals surface area contributed by atoms with Crippen LogP contribution in [0.1, 0.15) is 38.7 Å². The van der Waals surface area contributed by atoms with E-state index in [1.54, 1.807) is 25.1 Å². The van der Waals surface area contributed by atoms with Crippen LogP contribution in [0.5, 0.6) is 5.75 Å². The number of sulfonamides is 1. The lowest BCUT2D eigenvalue weighted by atomic mass is 9.99. The summed E-state index contributed by atoms with van der Waals surface area (Å²) in [5.41, 5.74) is 3.23. The molecule has 1 atom stereocenters. The molecule has 4 aromatic rings. The molecule has 182 valence electrons. The molecule has 1 heterocycles. The van der Waals surface area contributed by atoms with Crippen LogP contribution < -0.4 is 14.8 Å². The Hall–Kier alpha value is -3.17. The maximum atomic E-state index is 13.4. The molecule has 0 saturated heterocycles. The molecule has 35 heavy (non-hydrogen) atoms. The maximum absolute atomic E-state index is 13.4. The summed E-state index contributed by atoms with van der Waals surface area (Å²) in [6.45, 7) is 6.47. The summed E-state index contributed by atoms with van der Waals surface area (Å²) in [4.78, 5) is 9.24. The molecule has 0 aliphatic carbocycles. The highest BCUT2D eigenvalue weighted by Crippen LogP contribution is 2.32. The molecule has 0 aliphatic heterocycles. The lowest BCUT2D eigenvalue weighted by Gasteiger charge is -2.16. The summed E-state index contributed by atoms with van der Waals surface area (Å²) in [6.07, 6.45) is 1.05. The van der Waals surface area contributed by atoms with Crippen molar-refractivity contribution in [2.75, 3.05) is 16.6 Å². The summed E-state index contributed by atoms with van der Waals surface area (Å²) < 4.78 is 35.7. The van der Waals surface area contributed by atoms with Crippen LogP contribution in [0.2, 0.25) is 0 Å². The number of benzene rings is 3. The van der Waals surface area contributed by atoms with Gasteiger partial charge in [0.2, 0.25) is 0 Å². The number of para-hydroxylation sites is 2. The normalized spacial score (nSPS) is 12.3. The number of nitrogens with zero attached hydrogens (tertiary/aromatic N) is 2. The first-order valence-corrected chi connectivity index (χ1v) is 13.7. The molecule has 9 heteroatoms. The van der Waals surface area contributed by atoms with Crippen LogP contribution in [-0.2, 0) is 10.0 Å². The Morgan fingerprint density at radius 2 is 1.60 bits per heavy atom. The van der Waals surface area contributed by atoms with E-state index >= 15 is 0 Å². The quantitative estimate of drug-likeness (QED) is 0.235. The third-order valence-electron chi connectivity index (χ3n) is 5.65. The smallest absolute Gasteiger partial charge is 0.266 e. The lowest BCUT2D eigenvalue weighted by molar-refractivity contribution is 0.331. The van der Waals surface area contributed by atoms with Crippen molar-refractivity contribution < 1.29 is 13.2 Å². The van der Waals surface area contributed by atoms with Gasteiger partial charge in [0.15, 0.2) is 11.6 Å². The van der Waals surface area contributed by atoms with Gasteiger partial charge in [-0.3, -0.25) is 4.72 Å². The third kappa shape index (κ3) is 5.74. The SMILES string of the molecule is CCOc1ccc(Br)cc1S(=O)(=O)Nc1nc2ccccc2nc1Nc1ccc([C@@H](C)CC)cc1. The van der Waals surface area contributed by atoms with Gasteiger partial charge in [0.05, 0.1) is 17.6 Å². The van der Waals surface area contributed by atoms with Gasteiger partial charge in [-0.05, 0) is 67.3 Å². The van der Waals surface area contributed by atoms with E-state index in [2.05, 4.69) is 61.9 Å². The average Bonchev–Trinajstić information content (AvgIpc) is 2.85. The third-order valence-corrected chi connectivity index (χ3v) is 7.50. The number of fused-ring (bicyclic) bond motifs is 1. The largest absolute Gasteiger partial charge is 0.492 e. The predicted octanol–water partition coefficient (Wildman–Crippen LogP) is 6.85. The number of anilines is 3. The van der Waals surface area contributed by atoms with Crippen LogP contribution in [0.15, 0.2) is 76.1 Å². The molecule has 0 aliphatic rings. The highest BCUT2D eigenvalue weighted by Gasteiger charge is 2.23. The van der Waals surface area contributed by atoms with E-state index in [0.717, 1.165) is 12.1 Å². The van der Waals surface area contributed by atoms with Gasteiger partial charge in [-0.25, -0.2) is 18.4 Å². The fourth-order valence-corrected chi connectivity index (χ4v) is 5.27. The minimum Gasteiger partial charge on any atom is -0.492 e. The number of aromatic nitrogens is 2. The second-order valence-corrected chi connectivity index (χ2v) is 10.7. The Bertz CT molecular complexity index is 1440. The van der Waals surface area contributed by atoms with E-state index in [1.807, 2.05) is 30.3 Å². The van der Waals surface area contributed by atoms with Gasteiger partial charge in [-0.15, -0.1) is 0 Å². The fraction of sp³-hybridized carbons (Fsp3) is 0.231. The maximum Gasteiger partial charge on any atom is 0.266 e. The zero-order valence-electron chi connectivity index (χ0n) is 19.7. The van der Waals surface area contributed by atoms with Crippen molar-refractivity contribution in [2.45, 2.75) is 38.0 Å². The fourth-order valence-electron chi connectivity index (χ4n) is 3.57. The van der Waals surface area contributed by atoms with Crippen LogP contribution in [0, 0.1) is 0 Å². The first kappa shape index (κ1) is 24.9. The number of nitrogens with one attached hydrogen (secondary N) is 2. The summed E-state index contributed by atoms with van der Waals surface area (Å²) in [5, 5.41) is 3.23. The lowest BCUT2D eigenvalue weighted by Crippen LogP contribution is -2.17. The average molecular weight is 555 g/mol. The van der Waals surface area contributed by atoms with E-state index in [4.69, 9.17) is 4.74 Å².